The SMILES string of the molecule is c1ccc(NCc2ccc3c(c2)C2(CCNCC2)CN3)cc1. The third-order valence-electron chi connectivity index (χ3n) is 5.10. The third kappa shape index (κ3) is 2.46. The van der Waals surface area contributed by atoms with Crippen molar-refractivity contribution in [1.82, 2.24) is 5.32 Å². The van der Waals surface area contributed by atoms with Crippen molar-refractivity contribution in [3.8, 4) is 0 Å². The number of piperidine rings is 1. The van der Waals surface area contributed by atoms with Gasteiger partial charge in [0.2, 0.25) is 0 Å². The molecular weight excluding hydrogens is 270 g/mol. The highest BCUT2D eigenvalue weighted by atomic mass is 15.0. The van der Waals surface area contributed by atoms with Gasteiger partial charge in [-0.25, -0.2) is 0 Å². The highest BCUT2D eigenvalue weighted by Gasteiger charge is 2.39. The van der Waals surface area contributed by atoms with Gasteiger partial charge < -0.3 is 16.0 Å². The summed E-state index contributed by atoms with van der Waals surface area (Å²) in [6.45, 7) is 4.24. The Balaban J connectivity index is 1.55. The molecule has 2 aliphatic heterocycles. The molecule has 3 N–H and O–H groups in total. The zero-order valence-corrected chi connectivity index (χ0v) is 12.9. The molecule has 0 bridgehead atoms. The fourth-order valence-corrected chi connectivity index (χ4v) is 3.77. The second-order valence-corrected chi connectivity index (χ2v) is 6.48. The summed E-state index contributed by atoms with van der Waals surface area (Å²) < 4.78 is 0. The predicted octanol–water partition coefficient (Wildman–Crippen LogP) is 3.35. The molecular formula is C19H23N3. The van der Waals surface area contributed by atoms with Gasteiger partial charge in [-0.15, -0.1) is 0 Å². The molecule has 3 nitrogen and oxygen atoms in total. The van der Waals surface area contributed by atoms with E-state index in [1.54, 1.807) is 0 Å². The van der Waals surface area contributed by atoms with E-state index in [4.69, 9.17) is 0 Å². The third-order valence-corrected chi connectivity index (χ3v) is 5.10. The van der Waals surface area contributed by atoms with Crippen molar-refractivity contribution in [2.75, 3.05) is 30.3 Å². The average molecular weight is 293 g/mol. The average Bonchev–Trinajstić information content (AvgIpc) is 2.93. The maximum absolute atomic E-state index is 3.61. The van der Waals surface area contributed by atoms with Crippen LogP contribution in [0, 0.1) is 0 Å². The lowest BCUT2D eigenvalue weighted by atomic mass is 9.74. The summed E-state index contributed by atoms with van der Waals surface area (Å²) in [7, 11) is 0. The molecule has 4 rings (SSSR count). The van der Waals surface area contributed by atoms with Crippen LogP contribution in [0.15, 0.2) is 48.5 Å². The van der Waals surface area contributed by atoms with Gasteiger partial charge in [-0.1, -0.05) is 30.3 Å². The van der Waals surface area contributed by atoms with Crippen molar-refractivity contribution in [2.45, 2.75) is 24.8 Å². The van der Waals surface area contributed by atoms with Gasteiger partial charge in [0.05, 0.1) is 0 Å². The van der Waals surface area contributed by atoms with Crippen LogP contribution in [0.25, 0.3) is 0 Å². The van der Waals surface area contributed by atoms with Crippen LogP contribution in [0.4, 0.5) is 11.4 Å². The predicted molar refractivity (Wildman–Crippen MR) is 92.5 cm³/mol. The van der Waals surface area contributed by atoms with Crippen LogP contribution in [0.5, 0.6) is 0 Å². The number of benzene rings is 2. The monoisotopic (exact) mass is 293 g/mol. The van der Waals surface area contributed by atoms with Crippen LogP contribution in [0.1, 0.15) is 24.0 Å². The molecule has 0 unspecified atom stereocenters. The van der Waals surface area contributed by atoms with E-state index in [9.17, 15) is 0 Å². The lowest BCUT2D eigenvalue weighted by molar-refractivity contribution is 0.335. The summed E-state index contributed by atoms with van der Waals surface area (Å²) in [5.74, 6) is 0. The molecule has 0 aliphatic carbocycles. The normalized spacial score (nSPS) is 18.7. The van der Waals surface area contributed by atoms with E-state index in [1.807, 2.05) is 6.07 Å². The van der Waals surface area contributed by atoms with Crippen molar-refractivity contribution in [1.29, 1.82) is 0 Å². The van der Waals surface area contributed by atoms with E-state index in [2.05, 4.69) is 58.4 Å². The Labute approximate surface area is 132 Å². The Morgan fingerprint density at radius 1 is 1.00 bits per heavy atom. The van der Waals surface area contributed by atoms with Gasteiger partial charge in [0.15, 0.2) is 0 Å². The Kier molecular flexibility index (Phi) is 3.51. The Morgan fingerprint density at radius 3 is 2.64 bits per heavy atom. The van der Waals surface area contributed by atoms with E-state index in [0.717, 1.165) is 26.2 Å². The van der Waals surface area contributed by atoms with Gasteiger partial charge in [-0.05, 0) is 55.3 Å². The number of nitrogens with one attached hydrogen (secondary N) is 3. The van der Waals surface area contributed by atoms with Crippen LogP contribution in [0.2, 0.25) is 0 Å². The first kappa shape index (κ1) is 13.6. The van der Waals surface area contributed by atoms with Gasteiger partial charge in [-0.3, -0.25) is 0 Å². The standard InChI is InChI=1S/C19H23N3/c1-2-4-16(5-3-1)21-13-15-6-7-18-17(12-15)19(14-22-18)8-10-20-11-9-19/h1-7,12,20-22H,8-11,13-14H2. The van der Waals surface area contributed by atoms with Gasteiger partial charge >= 0.3 is 0 Å². The van der Waals surface area contributed by atoms with E-state index in [0.29, 0.717) is 5.41 Å². The Hall–Kier alpha value is -2.00. The molecule has 1 spiro atoms. The molecule has 0 aromatic heterocycles. The lowest BCUT2D eigenvalue weighted by Gasteiger charge is -2.34. The molecule has 0 saturated carbocycles. The van der Waals surface area contributed by atoms with Gasteiger partial charge in [0.25, 0.3) is 0 Å². The van der Waals surface area contributed by atoms with Gasteiger partial charge in [0, 0.05) is 29.9 Å². The molecule has 2 aliphatic rings. The first-order valence-electron chi connectivity index (χ1n) is 8.23. The zero-order chi connectivity index (χ0) is 14.8. The zero-order valence-electron chi connectivity index (χ0n) is 12.9. The van der Waals surface area contributed by atoms with Crippen LogP contribution in [-0.2, 0) is 12.0 Å². The molecule has 2 heterocycles. The van der Waals surface area contributed by atoms with Gasteiger partial charge in [0.1, 0.15) is 0 Å². The van der Waals surface area contributed by atoms with Crippen LogP contribution < -0.4 is 16.0 Å². The van der Waals surface area contributed by atoms with Crippen LogP contribution >= 0.6 is 0 Å². The number of rotatable bonds is 3. The highest BCUT2D eigenvalue weighted by molar-refractivity contribution is 5.62. The van der Waals surface area contributed by atoms with Gasteiger partial charge in [-0.2, -0.15) is 0 Å². The number of hydrogen-bond acceptors (Lipinski definition) is 3. The molecule has 1 saturated heterocycles. The van der Waals surface area contributed by atoms with Crippen LogP contribution in [-0.4, -0.2) is 19.6 Å². The quantitative estimate of drug-likeness (QED) is 0.812. The number of hydrogen-bond donors (Lipinski definition) is 3. The van der Waals surface area contributed by atoms with Crippen molar-refractivity contribution < 1.29 is 0 Å². The lowest BCUT2D eigenvalue weighted by Crippen LogP contribution is -2.41. The van der Waals surface area contributed by atoms with E-state index < -0.39 is 0 Å². The second kappa shape index (κ2) is 5.65. The molecule has 2 aromatic carbocycles. The highest BCUT2D eigenvalue weighted by Crippen LogP contribution is 2.43. The van der Waals surface area contributed by atoms with E-state index in [-0.39, 0.29) is 0 Å². The Bertz CT molecular complexity index is 639. The smallest absolute Gasteiger partial charge is 0.0400 e. The topological polar surface area (TPSA) is 36.1 Å². The summed E-state index contributed by atoms with van der Waals surface area (Å²) in [6.07, 6.45) is 2.48. The fraction of sp³-hybridized carbons (Fsp3) is 0.368. The Morgan fingerprint density at radius 2 is 1.82 bits per heavy atom. The van der Waals surface area contributed by atoms with Crippen molar-refractivity contribution in [3.05, 3.63) is 59.7 Å². The maximum atomic E-state index is 3.61. The molecule has 3 heteroatoms. The minimum atomic E-state index is 0.351. The molecule has 0 amide bonds. The second-order valence-electron chi connectivity index (χ2n) is 6.48. The molecule has 1 fully saturated rings. The molecule has 0 radical (unpaired) electrons. The molecule has 0 atom stereocenters. The molecule has 22 heavy (non-hydrogen) atoms. The summed E-state index contributed by atoms with van der Waals surface area (Å²) >= 11 is 0. The maximum Gasteiger partial charge on any atom is 0.0400 e. The van der Waals surface area contributed by atoms with Crippen molar-refractivity contribution >= 4 is 11.4 Å². The number of fused-ring (bicyclic) bond motifs is 2. The first-order chi connectivity index (χ1) is 10.9. The van der Waals surface area contributed by atoms with Crippen LogP contribution in [0.3, 0.4) is 0 Å². The summed E-state index contributed by atoms with van der Waals surface area (Å²) in [5.41, 5.74) is 5.76. The molecule has 2 aromatic rings. The van der Waals surface area contributed by atoms with Crippen molar-refractivity contribution in [2.24, 2.45) is 0 Å². The molecule has 114 valence electrons. The van der Waals surface area contributed by atoms with E-state index in [1.165, 1.54) is 35.3 Å². The minimum absolute atomic E-state index is 0.351. The summed E-state index contributed by atoms with van der Waals surface area (Å²) in [5, 5.41) is 10.6. The number of para-hydroxylation sites is 1. The summed E-state index contributed by atoms with van der Waals surface area (Å²) in [6, 6.07) is 17.3. The number of anilines is 2. The van der Waals surface area contributed by atoms with E-state index >= 15 is 0 Å². The largest absolute Gasteiger partial charge is 0.384 e. The minimum Gasteiger partial charge on any atom is -0.384 e. The first-order valence-corrected chi connectivity index (χ1v) is 8.23. The summed E-state index contributed by atoms with van der Waals surface area (Å²) in [4.78, 5) is 0. The van der Waals surface area contributed by atoms with Crippen molar-refractivity contribution in [3.63, 3.8) is 0 Å². The fourth-order valence-electron chi connectivity index (χ4n) is 3.77.